The zero-order chi connectivity index (χ0) is 25.5. The van der Waals surface area contributed by atoms with Gasteiger partial charge < -0.3 is 25.1 Å². The molecule has 1 aliphatic carbocycles. The Morgan fingerprint density at radius 1 is 1.16 bits per heavy atom. The number of hydrogen-bond donors (Lipinski definition) is 3. The van der Waals surface area contributed by atoms with Crippen LogP contribution in [0.2, 0.25) is 0 Å². The van der Waals surface area contributed by atoms with E-state index >= 15 is 0 Å². The molecule has 198 valence electrons. The Bertz CT molecular complexity index is 1180. The normalized spacial score (nSPS) is 19.6. The topological polar surface area (TPSA) is 114 Å². The van der Waals surface area contributed by atoms with Crippen molar-refractivity contribution in [3.05, 3.63) is 42.2 Å². The maximum absolute atomic E-state index is 5.45. The van der Waals surface area contributed by atoms with Gasteiger partial charge in [0.1, 0.15) is 0 Å². The van der Waals surface area contributed by atoms with Crippen molar-refractivity contribution < 1.29 is 9.47 Å². The van der Waals surface area contributed by atoms with E-state index in [0.29, 0.717) is 35.7 Å². The van der Waals surface area contributed by atoms with Crippen LogP contribution in [0.3, 0.4) is 0 Å². The lowest BCUT2D eigenvalue weighted by molar-refractivity contribution is 0.118. The highest BCUT2D eigenvalue weighted by Crippen LogP contribution is 2.27. The highest BCUT2D eigenvalue weighted by molar-refractivity contribution is 5.73. The van der Waals surface area contributed by atoms with E-state index in [9.17, 15) is 0 Å². The van der Waals surface area contributed by atoms with Crippen LogP contribution < -0.4 is 16.1 Å². The zero-order valence-corrected chi connectivity index (χ0v) is 21.7. The van der Waals surface area contributed by atoms with E-state index in [-0.39, 0.29) is 0 Å². The van der Waals surface area contributed by atoms with Crippen LogP contribution in [-0.4, -0.2) is 89.1 Å². The minimum absolute atomic E-state index is 0.372. The first-order chi connectivity index (χ1) is 18.2. The maximum Gasteiger partial charge on any atom is 0.225 e. The maximum atomic E-state index is 5.45. The van der Waals surface area contributed by atoms with Crippen molar-refractivity contribution in [3.8, 4) is 5.69 Å². The van der Waals surface area contributed by atoms with Gasteiger partial charge in [-0.15, -0.1) is 5.10 Å². The van der Waals surface area contributed by atoms with Crippen molar-refractivity contribution in [1.82, 2.24) is 40.7 Å². The molecule has 0 saturated heterocycles. The van der Waals surface area contributed by atoms with Crippen LogP contribution in [0, 0.1) is 5.92 Å². The smallest absolute Gasteiger partial charge is 0.225 e. The second-order valence-corrected chi connectivity index (χ2v) is 9.55. The third-order valence-corrected chi connectivity index (χ3v) is 6.93. The summed E-state index contributed by atoms with van der Waals surface area (Å²) in [6, 6.07) is 8.71. The van der Waals surface area contributed by atoms with Gasteiger partial charge in [0.05, 0.1) is 31.6 Å². The largest absolute Gasteiger partial charge is 0.383 e. The quantitative estimate of drug-likeness (QED) is 0.298. The fraction of sp³-hybridized carbons (Fsp3) is 0.538. The molecule has 3 aromatic rings. The summed E-state index contributed by atoms with van der Waals surface area (Å²) in [7, 11) is 1.73. The van der Waals surface area contributed by atoms with Gasteiger partial charge in [-0.2, -0.15) is 9.67 Å². The van der Waals surface area contributed by atoms with Gasteiger partial charge in [0, 0.05) is 39.0 Å². The third kappa shape index (κ3) is 6.42. The molecule has 1 aromatic carbocycles. The molecule has 1 fully saturated rings. The summed E-state index contributed by atoms with van der Waals surface area (Å²) in [5.41, 5.74) is 8.08. The third-order valence-electron chi connectivity index (χ3n) is 6.93. The minimum atomic E-state index is 0.372. The van der Waals surface area contributed by atoms with Gasteiger partial charge in [-0.3, -0.25) is 0 Å². The number of hydrazine groups is 1. The number of rotatable bonds is 13. The predicted molar refractivity (Wildman–Crippen MR) is 143 cm³/mol. The Morgan fingerprint density at radius 2 is 2.05 bits per heavy atom. The molecule has 3 N–H and O–H groups in total. The SMILES string of the molecule is CCOCCN1C=C(c2ccc(-n3nnc4cnc(N[C@@H]5CC[C@@H](CNCCOC)C5)nc43)cc2)CN1. The number of benzene rings is 1. The molecule has 0 amide bonds. The van der Waals surface area contributed by atoms with Crippen LogP contribution >= 0.6 is 0 Å². The Kier molecular flexibility index (Phi) is 8.57. The molecule has 2 atom stereocenters. The number of aromatic nitrogens is 5. The Morgan fingerprint density at radius 3 is 2.89 bits per heavy atom. The van der Waals surface area contributed by atoms with E-state index in [1.54, 1.807) is 18.0 Å². The molecule has 1 aliphatic heterocycles. The standard InChI is InChI=1S/C26H37N9O2/c1-3-37-13-11-34-18-21(16-29-34)20-5-8-23(9-6-20)35-25-24(32-33-35)17-28-26(31-25)30-22-7-4-19(14-22)15-27-10-12-36-2/h5-6,8-9,17-19,22,27,29H,3-4,7,10-16H2,1-2H3,(H,28,30,31)/t19-,22-/m1/s1. The van der Waals surface area contributed by atoms with Gasteiger partial charge in [-0.25, -0.2) is 10.4 Å². The summed E-state index contributed by atoms with van der Waals surface area (Å²) in [6.07, 6.45) is 7.31. The Hall–Kier alpha value is -3.12. The van der Waals surface area contributed by atoms with Gasteiger partial charge in [-0.05, 0) is 61.9 Å². The van der Waals surface area contributed by atoms with Gasteiger partial charge >= 0.3 is 0 Å². The molecule has 0 unspecified atom stereocenters. The Balaban J connectivity index is 1.22. The van der Waals surface area contributed by atoms with Gasteiger partial charge in [0.25, 0.3) is 0 Å². The zero-order valence-electron chi connectivity index (χ0n) is 21.7. The Labute approximate surface area is 217 Å². The first-order valence-electron chi connectivity index (χ1n) is 13.2. The van der Waals surface area contributed by atoms with E-state index in [2.05, 4.69) is 66.8 Å². The molecular weight excluding hydrogens is 470 g/mol. The van der Waals surface area contributed by atoms with Crippen LogP contribution in [0.1, 0.15) is 31.7 Å². The predicted octanol–water partition coefficient (Wildman–Crippen LogP) is 2.22. The van der Waals surface area contributed by atoms with Gasteiger partial charge in [-0.1, -0.05) is 17.3 Å². The van der Waals surface area contributed by atoms with Gasteiger partial charge in [0.15, 0.2) is 11.2 Å². The average Bonchev–Trinajstić information content (AvgIpc) is 3.67. The summed E-state index contributed by atoms with van der Waals surface area (Å²) in [5.74, 6) is 1.28. The van der Waals surface area contributed by atoms with Crippen LogP contribution in [0.4, 0.5) is 5.95 Å². The van der Waals surface area contributed by atoms with Crippen LogP contribution in [0.15, 0.2) is 36.7 Å². The van der Waals surface area contributed by atoms with Crippen molar-refractivity contribution >= 4 is 22.7 Å². The summed E-state index contributed by atoms with van der Waals surface area (Å²) in [5, 5.41) is 17.7. The van der Waals surface area contributed by atoms with E-state index in [0.717, 1.165) is 57.9 Å². The van der Waals surface area contributed by atoms with Crippen molar-refractivity contribution in [2.45, 2.75) is 32.2 Å². The lowest BCUT2D eigenvalue weighted by atomic mass is 10.1. The van der Waals surface area contributed by atoms with Crippen LogP contribution in [-0.2, 0) is 9.47 Å². The van der Waals surface area contributed by atoms with Gasteiger partial charge in [0.2, 0.25) is 5.95 Å². The highest BCUT2D eigenvalue weighted by atomic mass is 16.5. The minimum Gasteiger partial charge on any atom is -0.383 e. The molecule has 1 saturated carbocycles. The number of anilines is 1. The summed E-state index contributed by atoms with van der Waals surface area (Å²) < 4.78 is 12.3. The fourth-order valence-electron chi connectivity index (χ4n) is 4.94. The molecule has 11 nitrogen and oxygen atoms in total. The number of methoxy groups -OCH3 is 1. The van der Waals surface area contributed by atoms with E-state index in [1.165, 1.54) is 17.6 Å². The van der Waals surface area contributed by atoms with Crippen molar-refractivity contribution in [1.29, 1.82) is 0 Å². The van der Waals surface area contributed by atoms with Crippen LogP contribution in [0.25, 0.3) is 22.4 Å². The first kappa shape index (κ1) is 25.5. The molecule has 0 spiro atoms. The second-order valence-electron chi connectivity index (χ2n) is 9.55. The monoisotopic (exact) mass is 507 g/mol. The fourth-order valence-corrected chi connectivity index (χ4v) is 4.94. The second kappa shape index (κ2) is 12.4. The molecule has 11 heteroatoms. The lowest BCUT2D eigenvalue weighted by Crippen LogP contribution is -2.31. The van der Waals surface area contributed by atoms with E-state index < -0.39 is 0 Å². The molecule has 3 heterocycles. The molecular formula is C26H37N9O2. The number of nitrogens with one attached hydrogen (secondary N) is 3. The average molecular weight is 508 g/mol. The van der Waals surface area contributed by atoms with Crippen molar-refractivity contribution in [2.75, 3.05) is 58.4 Å². The van der Waals surface area contributed by atoms with Crippen molar-refractivity contribution in [3.63, 3.8) is 0 Å². The van der Waals surface area contributed by atoms with Crippen LogP contribution in [0.5, 0.6) is 0 Å². The number of nitrogens with zero attached hydrogens (tertiary/aromatic N) is 6. The molecule has 37 heavy (non-hydrogen) atoms. The lowest BCUT2D eigenvalue weighted by Gasteiger charge is -2.14. The molecule has 2 aliphatic rings. The van der Waals surface area contributed by atoms with E-state index in [1.807, 2.05) is 6.92 Å². The molecule has 0 bridgehead atoms. The van der Waals surface area contributed by atoms with E-state index in [4.69, 9.17) is 14.5 Å². The summed E-state index contributed by atoms with van der Waals surface area (Å²) in [4.78, 5) is 9.27. The highest BCUT2D eigenvalue weighted by Gasteiger charge is 2.25. The number of hydrogen-bond acceptors (Lipinski definition) is 10. The summed E-state index contributed by atoms with van der Waals surface area (Å²) in [6.45, 7) is 7.73. The first-order valence-corrected chi connectivity index (χ1v) is 13.2. The van der Waals surface area contributed by atoms with Crippen molar-refractivity contribution in [2.24, 2.45) is 5.92 Å². The number of ether oxygens (including phenoxy) is 2. The number of fused-ring (bicyclic) bond motifs is 1. The summed E-state index contributed by atoms with van der Waals surface area (Å²) >= 11 is 0. The molecule has 2 aromatic heterocycles. The molecule has 5 rings (SSSR count). The molecule has 0 radical (unpaired) electrons.